The van der Waals surface area contributed by atoms with Gasteiger partial charge in [0, 0.05) is 18.2 Å². The Morgan fingerprint density at radius 2 is 1.95 bits per heavy atom. The van der Waals surface area contributed by atoms with Crippen LogP contribution in [0.2, 0.25) is 10.0 Å². The predicted molar refractivity (Wildman–Crippen MR) is 88.1 cm³/mol. The van der Waals surface area contributed by atoms with Crippen LogP contribution in [-0.4, -0.2) is 20.1 Å². The molecule has 0 aliphatic rings. The zero-order valence-electron chi connectivity index (χ0n) is 12.2. The number of nitrogens with one attached hydrogen (secondary N) is 1. The lowest BCUT2D eigenvalue weighted by Gasteiger charge is -2.11. The van der Waals surface area contributed by atoms with Crippen molar-refractivity contribution in [1.29, 1.82) is 0 Å². The summed E-state index contributed by atoms with van der Waals surface area (Å²) in [6, 6.07) is 10.2. The Kier molecular flexibility index (Phi) is 5.66. The SMILES string of the molecule is COCc1cc(C(=O)Nc2cccc(Cl)c2Cl)ccc1OC. The van der Waals surface area contributed by atoms with E-state index in [0.717, 1.165) is 5.56 Å². The van der Waals surface area contributed by atoms with E-state index in [-0.39, 0.29) is 5.91 Å². The van der Waals surface area contributed by atoms with Gasteiger partial charge in [-0.3, -0.25) is 4.79 Å². The first-order chi connectivity index (χ1) is 10.6. The largest absolute Gasteiger partial charge is 0.496 e. The average Bonchev–Trinajstić information content (AvgIpc) is 2.52. The minimum Gasteiger partial charge on any atom is -0.496 e. The van der Waals surface area contributed by atoms with Crippen molar-refractivity contribution in [2.45, 2.75) is 6.61 Å². The highest BCUT2D eigenvalue weighted by Crippen LogP contribution is 2.30. The van der Waals surface area contributed by atoms with Crippen LogP contribution in [0, 0.1) is 0 Å². The Balaban J connectivity index is 2.26. The van der Waals surface area contributed by atoms with Gasteiger partial charge in [-0.1, -0.05) is 29.3 Å². The lowest BCUT2D eigenvalue weighted by molar-refractivity contribution is 0.102. The molecule has 0 saturated heterocycles. The van der Waals surface area contributed by atoms with E-state index in [1.807, 2.05) is 0 Å². The maximum absolute atomic E-state index is 12.3. The second kappa shape index (κ2) is 7.49. The molecule has 4 nitrogen and oxygen atoms in total. The summed E-state index contributed by atoms with van der Waals surface area (Å²) in [5, 5.41) is 3.43. The number of carbonyl (C=O) groups excluding carboxylic acids is 1. The number of halogens is 2. The monoisotopic (exact) mass is 339 g/mol. The lowest BCUT2D eigenvalue weighted by Crippen LogP contribution is -2.13. The molecule has 22 heavy (non-hydrogen) atoms. The molecule has 0 heterocycles. The molecular weight excluding hydrogens is 325 g/mol. The highest BCUT2D eigenvalue weighted by atomic mass is 35.5. The molecule has 0 saturated carbocycles. The van der Waals surface area contributed by atoms with E-state index in [1.54, 1.807) is 50.6 Å². The van der Waals surface area contributed by atoms with Crippen LogP contribution in [0.15, 0.2) is 36.4 Å². The molecule has 0 radical (unpaired) electrons. The van der Waals surface area contributed by atoms with Gasteiger partial charge in [0.1, 0.15) is 5.75 Å². The number of rotatable bonds is 5. The zero-order chi connectivity index (χ0) is 16.1. The minimum absolute atomic E-state index is 0.288. The van der Waals surface area contributed by atoms with Crippen molar-refractivity contribution in [3.8, 4) is 5.75 Å². The molecule has 0 aromatic heterocycles. The third-order valence-electron chi connectivity index (χ3n) is 3.04. The van der Waals surface area contributed by atoms with Crippen LogP contribution in [0.1, 0.15) is 15.9 Å². The Bertz CT molecular complexity index is 689. The second-order valence-electron chi connectivity index (χ2n) is 4.52. The highest BCUT2D eigenvalue weighted by molar-refractivity contribution is 6.44. The second-order valence-corrected chi connectivity index (χ2v) is 5.30. The van der Waals surface area contributed by atoms with Gasteiger partial charge in [-0.2, -0.15) is 0 Å². The summed E-state index contributed by atoms with van der Waals surface area (Å²) >= 11 is 12.0. The molecule has 0 fully saturated rings. The first-order valence-electron chi connectivity index (χ1n) is 6.48. The van der Waals surface area contributed by atoms with Gasteiger partial charge in [-0.05, 0) is 30.3 Å². The Labute approximate surface area is 138 Å². The number of methoxy groups -OCH3 is 2. The van der Waals surface area contributed by atoms with Gasteiger partial charge in [0.2, 0.25) is 0 Å². The van der Waals surface area contributed by atoms with Crippen LogP contribution in [0.4, 0.5) is 5.69 Å². The van der Waals surface area contributed by atoms with Crippen molar-refractivity contribution in [2.24, 2.45) is 0 Å². The van der Waals surface area contributed by atoms with Gasteiger partial charge in [0.05, 0.1) is 29.4 Å². The summed E-state index contributed by atoms with van der Waals surface area (Å²) in [7, 11) is 3.15. The predicted octanol–water partition coefficient (Wildman–Crippen LogP) is 4.40. The van der Waals surface area contributed by atoms with Crippen molar-refractivity contribution >= 4 is 34.8 Å². The fraction of sp³-hybridized carbons (Fsp3) is 0.188. The number of carbonyl (C=O) groups is 1. The van der Waals surface area contributed by atoms with E-state index in [1.165, 1.54) is 0 Å². The van der Waals surface area contributed by atoms with E-state index in [0.29, 0.717) is 33.7 Å². The molecule has 0 atom stereocenters. The van der Waals surface area contributed by atoms with Gasteiger partial charge in [0.15, 0.2) is 0 Å². The van der Waals surface area contributed by atoms with Gasteiger partial charge < -0.3 is 14.8 Å². The molecule has 6 heteroatoms. The highest BCUT2D eigenvalue weighted by Gasteiger charge is 2.13. The molecule has 2 aromatic carbocycles. The summed E-state index contributed by atoms with van der Waals surface area (Å²) in [4.78, 5) is 12.3. The number of amides is 1. The molecule has 0 aliphatic carbocycles. The van der Waals surface area contributed by atoms with Crippen LogP contribution in [0.3, 0.4) is 0 Å². The number of benzene rings is 2. The molecule has 1 N–H and O–H groups in total. The van der Waals surface area contributed by atoms with Crippen molar-refractivity contribution < 1.29 is 14.3 Å². The molecule has 0 aliphatic heterocycles. The standard InChI is InChI=1S/C16H15Cl2NO3/c1-21-9-11-8-10(6-7-14(11)22-2)16(20)19-13-5-3-4-12(17)15(13)18/h3-8H,9H2,1-2H3,(H,19,20). The van der Waals surface area contributed by atoms with E-state index >= 15 is 0 Å². The summed E-state index contributed by atoms with van der Waals surface area (Å²) in [6.07, 6.45) is 0. The Hall–Kier alpha value is -1.75. The van der Waals surface area contributed by atoms with Gasteiger partial charge in [0.25, 0.3) is 5.91 Å². The fourth-order valence-corrected chi connectivity index (χ4v) is 2.33. The summed E-state index contributed by atoms with van der Waals surface area (Å²) in [6.45, 7) is 0.349. The van der Waals surface area contributed by atoms with Crippen molar-refractivity contribution in [2.75, 3.05) is 19.5 Å². The van der Waals surface area contributed by atoms with Crippen LogP contribution in [0.25, 0.3) is 0 Å². The molecular formula is C16H15Cl2NO3. The zero-order valence-corrected chi connectivity index (χ0v) is 13.7. The van der Waals surface area contributed by atoms with E-state index < -0.39 is 0 Å². The summed E-state index contributed by atoms with van der Waals surface area (Å²) < 4.78 is 10.3. The van der Waals surface area contributed by atoms with Crippen LogP contribution < -0.4 is 10.1 Å². The van der Waals surface area contributed by atoms with E-state index in [9.17, 15) is 4.79 Å². The average molecular weight is 340 g/mol. The number of anilines is 1. The van der Waals surface area contributed by atoms with E-state index in [2.05, 4.69) is 5.32 Å². The Morgan fingerprint density at radius 1 is 1.18 bits per heavy atom. The molecule has 0 spiro atoms. The molecule has 2 aromatic rings. The fourth-order valence-electron chi connectivity index (χ4n) is 1.98. The summed E-state index contributed by atoms with van der Waals surface area (Å²) in [5.41, 5.74) is 1.72. The number of hydrogen-bond donors (Lipinski definition) is 1. The third-order valence-corrected chi connectivity index (χ3v) is 3.86. The van der Waals surface area contributed by atoms with Gasteiger partial charge in [-0.15, -0.1) is 0 Å². The molecule has 2 rings (SSSR count). The minimum atomic E-state index is -0.288. The normalized spacial score (nSPS) is 10.4. The van der Waals surface area contributed by atoms with Gasteiger partial charge >= 0.3 is 0 Å². The number of hydrogen-bond acceptors (Lipinski definition) is 3. The van der Waals surface area contributed by atoms with Crippen LogP contribution in [-0.2, 0) is 11.3 Å². The smallest absolute Gasteiger partial charge is 0.255 e. The molecule has 0 bridgehead atoms. The quantitative estimate of drug-likeness (QED) is 0.878. The molecule has 1 amide bonds. The van der Waals surface area contributed by atoms with Gasteiger partial charge in [-0.25, -0.2) is 0 Å². The number of ether oxygens (including phenoxy) is 2. The first-order valence-corrected chi connectivity index (χ1v) is 7.23. The van der Waals surface area contributed by atoms with Crippen LogP contribution in [0.5, 0.6) is 5.75 Å². The lowest BCUT2D eigenvalue weighted by atomic mass is 10.1. The van der Waals surface area contributed by atoms with Crippen LogP contribution >= 0.6 is 23.2 Å². The third kappa shape index (κ3) is 3.71. The van der Waals surface area contributed by atoms with Crippen molar-refractivity contribution in [3.63, 3.8) is 0 Å². The van der Waals surface area contributed by atoms with E-state index in [4.69, 9.17) is 32.7 Å². The van der Waals surface area contributed by atoms with Crippen molar-refractivity contribution in [3.05, 3.63) is 57.6 Å². The van der Waals surface area contributed by atoms with Crippen molar-refractivity contribution in [1.82, 2.24) is 0 Å². The first kappa shape index (κ1) is 16.6. The molecule has 116 valence electrons. The Morgan fingerprint density at radius 3 is 2.64 bits per heavy atom. The topological polar surface area (TPSA) is 47.6 Å². The maximum Gasteiger partial charge on any atom is 0.255 e. The molecule has 0 unspecified atom stereocenters. The maximum atomic E-state index is 12.3. The summed E-state index contributed by atoms with van der Waals surface area (Å²) in [5.74, 6) is 0.378.